The highest BCUT2D eigenvalue weighted by Crippen LogP contribution is 2.53. The van der Waals surface area contributed by atoms with E-state index >= 15 is 0 Å². The van der Waals surface area contributed by atoms with Crippen LogP contribution in [0.15, 0.2) is 59.1 Å². The van der Waals surface area contributed by atoms with E-state index in [2.05, 4.69) is 33.5 Å². The van der Waals surface area contributed by atoms with Crippen molar-refractivity contribution in [1.82, 2.24) is 10.2 Å². The number of fused-ring (bicyclic) bond motifs is 1. The van der Waals surface area contributed by atoms with Crippen molar-refractivity contribution in [1.29, 1.82) is 0 Å². The minimum Gasteiger partial charge on any atom is -0.360 e. The van der Waals surface area contributed by atoms with Gasteiger partial charge in [-0.15, -0.1) is 0 Å². The van der Waals surface area contributed by atoms with E-state index in [1.165, 1.54) is 17.0 Å². The SMILES string of the molecule is CC1CCCCC1NC(=O)C(c1ccc(Cl)cc1)N1CC23C=C[C@H](O2)C(C(=O)Nc2ccc(Br)cc2F)[C@H]3C1=O. The average molecular weight is 631 g/mol. The van der Waals surface area contributed by atoms with Crippen molar-refractivity contribution >= 4 is 50.9 Å². The molecule has 3 amide bonds. The third-order valence-corrected chi connectivity index (χ3v) is 9.55. The quantitative estimate of drug-likeness (QED) is 0.419. The second-order valence-corrected chi connectivity index (χ2v) is 12.7. The lowest BCUT2D eigenvalue weighted by Crippen LogP contribution is -2.49. The maximum absolute atomic E-state index is 14.5. The van der Waals surface area contributed by atoms with Crippen LogP contribution in [0.3, 0.4) is 0 Å². The molecule has 40 heavy (non-hydrogen) atoms. The van der Waals surface area contributed by atoms with Crippen molar-refractivity contribution < 1.29 is 23.5 Å². The number of carbonyl (C=O) groups excluding carboxylic acids is 3. The van der Waals surface area contributed by atoms with Gasteiger partial charge in [0.15, 0.2) is 0 Å². The van der Waals surface area contributed by atoms with Crippen molar-refractivity contribution in [3.05, 3.63) is 75.5 Å². The lowest BCUT2D eigenvalue weighted by Gasteiger charge is -2.34. The molecule has 1 aliphatic carbocycles. The van der Waals surface area contributed by atoms with E-state index in [9.17, 15) is 18.8 Å². The van der Waals surface area contributed by atoms with Gasteiger partial charge in [0, 0.05) is 15.5 Å². The normalized spacial score (nSPS) is 31.2. The summed E-state index contributed by atoms with van der Waals surface area (Å²) in [5, 5.41) is 6.38. The number of anilines is 1. The summed E-state index contributed by atoms with van der Waals surface area (Å²) in [7, 11) is 0. The third kappa shape index (κ3) is 4.76. The molecule has 3 heterocycles. The number of hydrogen-bond acceptors (Lipinski definition) is 4. The van der Waals surface area contributed by atoms with Crippen LogP contribution >= 0.6 is 27.5 Å². The van der Waals surface area contributed by atoms with Crippen LogP contribution in [0.2, 0.25) is 5.02 Å². The number of benzene rings is 2. The molecular formula is C30H30BrClFN3O4. The molecule has 1 spiro atoms. The van der Waals surface area contributed by atoms with E-state index < -0.39 is 41.3 Å². The number of ether oxygens (including phenoxy) is 1. The Hall–Kier alpha value is -2.75. The van der Waals surface area contributed by atoms with Crippen LogP contribution in [-0.2, 0) is 19.1 Å². The van der Waals surface area contributed by atoms with Gasteiger partial charge in [-0.3, -0.25) is 14.4 Å². The van der Waals surface area contributed by atoms with Crippen LogP contribution in [0.4, 0.5) is 10.1 Å². The van der Waals surface area contributed by atoms with Crippen molar-refractivity contribution in [2.45, 2.75) is 56.4 Å². The largest absolute Gasteiger partial charge is 0.360 e. The Morgan fingerprint density at radius 1 is 1.18 bits per heavy atom. The first kappa shape index (κ1) is 27.4. The highest BCUT2D eigenvalue weighted by atomic mass is 79.9. The molecule has 2 aromatic rings. The minimum atomic E-state index is -1.04. The number of amides is 3. The number of nitrogens with zero attached hydrogens (tertiary/aromatic N) is 1. The molecular weight excluding hydrogens is 601 g/mol. The number of rotatable bonds is 6. The fraction of sp³-hybridized carbons (Fsp3) is 0.433. The first-order chi connectivity index (χ1) is 19.2. The Bertz CT molecular complexity index is 1390. The molecule has 2 saturated heterocycles. The number of halogens is 3. The lowest BCUT2D eigenvalue weighted by atomic mass is 9.76. The van der Waals surface area contributed by atoms with Crippen molar-refractivity contribution in [2.24, 2.45) is 17.8 Å². The highest BCUT2D eigenvalue weighted by molar-refractivity contribution is 9.10. The zero-order chi connectivity index (χ0) is 28.2. The van der Waals surface area contributed by atoms with Gasteiger partial charge >= 0.3 is 0 Å². The van der Waals surface area contributed by atoms with Crippen LogP contribution in [0.25, 0.3) is 0 Å². The fourth-order valence-corrected chi connectivity index (χ4v) is 7.22. The van der Waals surface area contributed by atoms with Crippen molar-refractivity contribution in [3.63, 3.8) is 0 Å². The monoisotopic (exact) mass is 629 g/mol. The van der Waals surface area contributed by atoms with Gasteiger partial charge in [-0.25, -0.2) is 4.39 Å². The van der Waals surface area contributed by atoms with Crippen LogP contribution in [0, 0.1) is 23.6 Å². The second kappa shape index (κ2) is 10.6. The summed E-state index contributed by atoms with van der Waals surface area (Å²) in [4.78, 5) is 43.0. The van der Waals surface area contributed by atoms with Gasteiger partial charge in [0.1, 0.15) is 17.5 Å². The van der Waals surface area contributed by atoms with Crippen LogP contribution < -0.4 is 10.6 Å². The van der Waals surface area contributed by atoms with Gasteiger partial charge in [-0.2, -0.15) is 0 Å². The van der Waals surface area contributed by atoms with Crippen LogP contribution in [0.1, 0.15) is 44.2 Å². The summed E-state index contributed by atoms with van der Waals surface area (Å²) in [6.07, 6.45) is 7.14. The molecule has 7 atom stereocenters. The van der Waals surface area contributed by atoms with Crippen molar-refractivity contribution in [3.8, 4) is 0 Å². The first-order valence-corrected chi connectivity index (χ1v) is 14.8. The summed E-state index contributed by atoms with van der Waals surface area (Å²) in [5.41, 5.74) is -0.381. The maximum atomic E-state index is 14.5. The Morgan fingerprint density at radius 3 is 2.65 bits per heavy atom. The standard InChI is InChI=1S/C30H30BrClFN3O4/c1-16-4-2-3-5-21(16)34-28(38)26(17-6-9-19(32)10-7-17)36-15-30-13-12-23(40-30)24(25(30)29(36)39)27(37)35-22-11-8-18(31)14-20(22)33/h6-14,16,21,23-26H,2-5,15H2,1H3,(H,34,38)(H,35,37)/t16?,21?,23-,24?,25-,26?,30?/m0/s1. The molecule has 2 N–H and O–H groups in total. The molecule has 2 aromatic carbocycles. The summed E-state index contributed by atoms with van der Waals surface area (Å²) in [6, 6.07) is 10.4. The maximum Gasteiger partial charge on any atom is 0.247 e. The number of nitrogens with one attached hydrogen (secondary N) is 2. The number of hydrogen-bond donors (Lipinski definition) is 2. The van der Waals surface area contributed by atoms with Gasteiger partial charge < -0.3 is 20.3 Å². The molecule has 210 valence electrons. The average Bonchev–Trinajstić information content (AvgIpc) is 3.57. The van der Waals surface area contributed by atoms with Gasteiger partial charge in [-0.1, -0.05) is 71.6 Å². The molecule has 10 heteroatoms. The predicted molar refractivity (Wildman–Crippen MR) is 152 cm³/mol. The highest BCUT2D eigenvalue weighted by Gasteiger charge is 2.68. The molecule has 5 unspecified atom stereocenters. The van der Waals surface area contributed by atoms with E-state index in [1.807, 2.05) is 6.08 Å². The van der Waals surface area contributed by atoms with E-state index in [4.69, 9.17) is 16.3 Å². The summed E-state index contributed by atoms with van der Waals surface area (Å²) in [5.74, 6) is -3.05. The first-order valence-electron chi connectivity index (χ1n) is 13.7. The Balaban J connectivity index is 1.29. The molecule has 6 rings (SSSR count). The van der Waals surface area contributed by atoms with Gasteiger partial charge in [0.25, 0.3) is 0 Å². The molecule has 3 fully saturated rings. The van der Waals surface area contributed by atoms with Crippen molar-refractivity contribution in [2.75, 3.05) is 11.9 Å². The Morgan fingerprint density at radius 2 is 1.93 bits per heavy atom. The second-order valence-electron chi connectivity index (χ2n) is 11.3. The van der Waals surface area contributed by atoms with E-state index in [1.54, 1.807) is 36.4 Å². The zero-order valence-electron chi connectivity index (χ0n) is 21.9. The summed E-state index contributed by atoms with van der Waals surface area (Å²) < 4.78 is 21.3. The van der Waals surface area contributed by atoms with Crippen LogP contribution in [0.5, 0.6) is 0 Å². The molecule has 4 aliphatic rings. The Kier molecular flexibility index (Phi) is 7.25. The van der Waals surface area contributed by atoms with E-state index in [0.717, 1.165) is 25.7 Å². The van der Waals surface area contributed by atoms with E-state index in [0.29, 0.717) is 21.0 Å². The van der Waals surface area contributed by atoms with Crippen LogP contribution in [-0.4, -0.2) is 46.9 Å². The number of carbonyl (C=O) groups is 3. The minimum absolute atomic E-state index is 0.0244. The molecule has 2 bridgehead atoms. The molecule has 0 aromatic heterocycles. The lowest BCUT2D eigenvalue weighted by molar-refractivity contribution is -0.142. The molecule has 3 aliphatic heterocycles. The molecule has 7 nitrogen and oxygen atoms in total. The number of likely N-dealkylation sites (tertiary alicyclic amines) is 1. The molecule has 0 radical (unpaired) electrons. The smallest absolute Gasteiger partial charge is 0.247 e. The predicted octanol–water partition coefficient (Wildman–Crippen LogP) is 5.40. The third-order valence-electron chi connectivity index (χ3n) is 8.81. The van der Waals surface area contributed by atoms with E-state index in [-0.39, 0.29) is 30.1 Å². The van der Waals surface area contributed by atoms with Gasteiger partial charge in [0.2, 0.25) is 17.7 Å². The van der Waals surface area contributed by atoms with Gasteiger partial charge in [-0.05, 0) is 54.7 Å². The topological polar surface area (TPSA) is 87.7 Å². The molecule has 1 saturated carbocycles. The fourth-order valence-electron chi connectivity index (χ4n) is 6.76. The zero-order valence-corrected chi connectivity index (χ0v) is 24.3. The summed E-state index contributed by atoms with van der Waals surface area (Å²) >= 11 is 9.36. The van der Waals surface area contributed by atoms with Gasteiger partial charge in [0.05, 0.1) is 30.2 Å². The Labute approximate surface area is 245 Å². The summed E-state index contributed by atoms with van der Waals surface area (Å²) in [6.45, 7) is 2.27.